The predicted octanol–water partition coefficient (Wildman–Crippen LogP) is 1.47. The number of nitrogens with zero attached hydrogens (tertiary/aromatic N) is 2. The molecule has 1 aliphatic rings. The van der Waals surface area contributed by atoms with Crippen molar-refractivity contribution in [3.63, 3.8) is 0 Å². The number of ether oxygens (including phenoxy) is 2. The summed E-state index contributed by atoms with van der Waals surface area (Å²) in [5, 5.41) is 2.79. The molecule has 0 bridgehead atoms. The second kappa shape index (κ2) is 8.29. The van der Waals surface area contributed by atoms with Crippen LogP contribution in [0, 0.1) is 0 Å². The summed E-state index contributed by atoms with van der Waals surface area (Å²) in [6.45, 7) is 4.07. The molecule has 1 atom stereocenters. The fourth-order valence-corrected chi connectivity index (χ4v) is 2.25. The molecule has 0 unspecified atom stereocenters. The SMILES string of the molecule is C[C@H](CNC(=O)c1ccc(OCC(F)(F)F)nc1)N1CCOCC1. The lowest BCUT2D eigenvalue weighted by Crippen LogP contribution is -2.47. The van der Waals surface area contributed by atoms with Crippen molar-refractivity contribution in [2.75, 3.05) is 39.5 Å². The molecule has 9 heteroatoms. The van der Waals surface area contributed by atoms with E-state index in [1.807, 2.05) is 6.92 Å². The van der Waals surface area contributed by atoms with Crippen molar-refractivity contribution < 1.29 is 27.4 Å². The Bertz CT molecular complexity index is 531. The summed E-state index contributed by atoms with van der Waals surface area (Å²) in [6.07, 6.45) is -3.23. The maximum atomic E-state index is 12.0. The van der Waals surface area contributed by atoms with Crippen LogP contribution in [0.3, 0.4) is 0 Å². The third-order valence-electron chi connectivity index (χ3n) is 3.61. The molecule has 24 heavy (non-hydrogen) atoms. The smallest absolute Gasteiger partial charge is 0.422 e. The topological polar surface area (TPSA) is 63.7 Å². The highest BCUT2D eigenvalue weighted by Gasteiger charge is 2.28. The number of halogens is 3. The van der Waals surface area contributed by atoms with E-state index in [0.29, 0.717) is 19.8 Å². The van der Waals surface area contributed by atoms with Crippen LogP contribution in [0.4, 0.5) is 13.2 Å². The molecule has 0 aromatic carbocycles. The lowest BCUT2D eigenvalue weighted by atomic mass is 10.2. The van der Waals surface area contributed by atoms with E-state index in [-0.39, 0.29) is 23.4 Å². The molecule has 0 saturated carbocycles. The van der Waals surface area contributed by atoms with Gasteiger partial charge in [0.15, 0.2) is 6.61 Å². The number of morpholine rings is 1. The molecule has 1 aromatic rings. The van der Waals surface area contributed by atoms with Crippen LogP contribution in [0.25, 0.3) is 0 Å². The molecule has 134 valence electrons. The lowest BCUT2D eigenvalue weighted by Gasteiger charge is -2.32. The van der Waals surface area contributed by atoms with Gasteiger partial charge in [-0.1, -0.05) is 0 Å². The molecule has 1 saturated heterocycles. The molecule has 1 aromatic heterocycles. The molecule has 6 nitrogen and oxygen atoms in total. The first-order chi connectivity index (χ1) is 11.3. The van der Waals surface area contributed by atoms with Crippen molar-refractivity contribution in [2.24, 2.45) is 0 Å². The number of carbonyl (C=O) groups excluding carboxylic acids is 1. The van der Waals surface area contributed by atoms with Gasteiger partial charge in [-0.25, -0.2) is 4.98 Å². The molecule has 1 N–H and O–H groups in total. The Morgan fingerprint density at radius 3 is 2.71 bits per heavy atom. The number of hydrogen-bond donors (Lipinski definition) is 1. The number of hydrogen-bond acceptors (Lipinski definition) is 5. The molecule has 0 aliphatic carbocycles. The minimum atomic E-state index is -4.42. The average Bonchev–Trinajstić information content (AvgIpc) is 2.58. The Balaban J connectivity index is 1.79. The number of aromatic nitrogens is 1. The normalized spacial score (nSPS) is 17.3. The van der Waals surface area contributed by atoms with Crippen molar-refractivity contribution in [1.29, 1.82) is 0 Å². The number of amides is 1. The Kier molecular flexibility index (Phi) is 6.38. The highest BCUT2D eigenvalue weighted by atomic mass is 19.4. The minimum Gasteiger partial charge on any atom is -0.468 e. The first-order valence-electron chi connectivity index (χ1n) is 7.61. The van der Waals surface area contributed by atoms with Gasteiger partial charge in [0.25, 0.3) is 5.91 Å². The van der Waals surface area contributed by atoms with Crippen LogP contribution >= 0.6 is 0 Å². The summed E-state index contributed by atoms with van der Waals surface area (Å²) in [5.74, 6) is -0.504. The van der Waals surface area contributed by atoms with E-state index in [1.54, 1.807) is 0 Å². The average molecular weight is 347 g/mol. The van der Waals surface area contributed by atoms with Crippen molar-refractivity contribution in [3.05, 3.63) is 23.9 Å². The van der Waals surface area contributed by atoms with E-state index in [2.05, 4.69) is 19.9 Å². The van der Waals surface area contributed by atoms with E-state index in [0.717, 1.165) is 13.1 Å². The molecule has 0 spiro atoms. The number of pyridine rings is 1. The van der Waals surface area contributed by atoms with Crippen molar-refractivity contribution in [3.8, 4) is 5.88 Å². The summed E-state index contributed by atoms with van der Waals surface area (Å²) < 4.78 is 45.9. The second-order valence-electron chi connectivity index (χ2n) is 5.50. The molecule has 2 heterocycles. The van der Waals surface area contributed by atoms with Crippen LogP contribution < -0.4 is 10.1 Å². The van der Waals surface area contributed by atoms with Crippen LogP contribution in [-0.4, -0.2) is 67.5 Å². The van der Waals surface area contributed by atoms with Gasteiger partial charge in [0.2, 0.25) is 5.88 Å². The molecule has 0 radical (unpaired) electrons. The van der Waals surface area contributed by atoms with Gasteiger partial charge >= 0.3 is 6.18 Å². The van der Waals surface area contributed by atoms with Crippen LogP contribution in [0.5, 0.6) is 5.88 Å². The molecule has 1 fully saturated rings. The lowest BCUT2D eigenvalue weighted by molar-refractivity contribution is -0.154. The van der Waals surface area contributed by atoms with Crippen molar-refractivity contribution >= 4 is 5.91 Å². The fraction of sp³-hybridized carbons (Fsp3) is 0.600. The number of alkyl halides is 3. The van der Waals surface area contributed by atoms with Crippen LogP contribution in [0.1, 0.15) is 17.3 Å². The van der Waals surface area contributed by atoms with Crippen LogP contribution in [0.2, 0.25) is 0 Å². The zero-order valence-corrected chi connectivity index (χ0v) is 13.3. The third kappa shape index (κ3) is 5.97. The summed E-state index contributed by atoms with van der Waals surface area (Å²) >= 11 is 0. The highest BCUT2D eigenvalue weighted by Crippen LogP contribution is 2.17. The number of rotatable bonds is 6. The molecule has 2 rings (SSSR count). The van der Waals surface area contributed by atoms with Crippen LogP contribution in [0.15, 0.2) is 18.3 Å². The molecule has 1 aliphatic heterocycles. The molecular weight excluding hydrogens is 327 g/mol. The largest absolute Gasteiger partial charge is 0.468 e. The van der Waals surface area contributed by atoms with Gasteiger partial charge in [-0.15, -0.1) is 0 Å². The summed E-state index contributed by atoms with van der Waals surface area (Å²) in [5.41, 5.74) is 0.267. The van der Waals surface area contributed by atoms with Gasteiger partial charge in [-0.05, 0) is 13.0 Å². The van der Waals surface area contributed by atoms with Gasteiger partial charge in [-0.3, -0.25) is 9.69 Å². The van der Waals surface area contributed by atoms with Crippen molar-refractivity contribution in [1.82, 2.24) is 15.2 Å². The van der Waals surface area contributed by atoms with Gasteiger partial charge in [0, 0.05) is 37.9 Å². The first-order valence-corrected chi connectivity index (χ1v) is 7.61. The number of carbonyl (C=O) groups is 1. The van der Waals surface area contributed by atoms with E-state index in [9.17, 15) is 18.0 Å². The Labute approximate surface area is 137 Å². The van der Waals surface area contributed by atoms with E-state index < -0.39 is 12.8 Å². The highest BCUT2D eigenvalue weighted by molar-refractivity contribution is 5.93. The van der Waals surface area contributed by atoms with Crippen molar-refractivity contribution in [2.45, 2.75) is 19.1 Å². The second-order valence-corrected chi connectivity index (χ2v) is 5.50. The fourth-order valence-electron chi connectivity index (χ4n) is 2.25. The zero-order chi connectivity index (χ0) is 17.6. The predicted molar refractivity (Wildman–Crippen MR) is 80.0 cm³/mol. The van der Waals surface area contributed by atoms with Gasteiger partial charge in [0.1, 0.15) is 0 Å². The maximum Gasteiger partial charge on any atom is 0.422 e. The summed E-state index contributed by atoms with van der Waals surface area (Å²) in [7, 11) is 0. The zero-order valence-electron chi connectivity index (χ0n) is 13.3. The maximum absolute atomic E-state index is 12.0. The standard InChI is InChI=1S/C15H20F3N3O3/c1-11(21-4-6-23-7-5-21)8-20-14(22)12-2-3-13(19-9-12)24-10-15(16,17)18/h2-3,9,11H,4-8,10H2,1H3,(H,20,22)/t11-/m1/s1. The Morgan fingerprint density at radius 2 is 2.12 bits per heavy atom. The van der Waals surface area contributed by atoms with E-state index in [1.165, 1.54) is 18.3 Å². The quantitative estimate of drug-likeness (QED) is 0.844. The third-order valence-corrected chi connectivity index (χ3v) is 3.61. The van der Waals surface area contributed by atoms with Gasteiger partial charge < -0.3 is 14.8 Å². The number of nitrogens with one attached hydrogen (secondary N) is 1. The van der Waals surface area contributed by atoms with E-state index in [4.69, 9.17) is 4.74 Å². The van der Waals surface area contributed by atoms with Gasteiger partial charge in [-0.2, -0.15) is 13.2 Å². The first kappa shape index (κ1) is 18.5. The van der Waals surface area contributed by atoms with E-state index >= 15 is 0 Å². The minimum absolute atomic E-state index is 0.167. The molecular formula is C15H20F3N3O3. The molecule has 1 amide bonds. The Hall–Kier alpha value is -1.87. The van der Waals surface area contributed by atoms with Crippen LogP contribution in [-0.2, 0) is 4.74 Å². The summed E-state index contributed by atoms with van der Waals surface area (Å²) in [4.78, 5) is 18.0. The monoisotopic (exact) mass is 347 g/mol. The Morgan fingerprint density at radius 1 is 1.42 bits per heavy atom. The summed E-state index contributed by atoms with van der Waals surface area (Å²) in [6, 6.07) is 2.79. The van der Waals surface area contributed by atoms with Gasteiger partial charge in [0.05, 0.1) is 18.8 Å².